The van der Waals surface area contributed by atoms with Crippen molar-refractivity contribution in [1.29, 1.82) is 0 Å². The number of amides is 3. The number of hydrogen-bond acceptors (Lipinski definition) is 3. The molecule has 3 aromatic carbocycles. The number of para-hydroxylation sites is 2. The average Bonchev–Trinajstić information content (AvgIpc) is 3.20. The van der Waals surface area contributed by atoms with Gasteiger partial charge in [-0.2, -0.15) is 0 Å². The second-order valence-electron chi connectivity index (χ2n) is 8.00. The van der Waals surface area contributed by atoms with Crippen molar-refractivity contribution in [3.05, 3.63) is 94.5 Å². The molecule has 0 aromatic heterocycles. The van der Waals surface area contributed by atoms with E-state index in [0.717, 1.165) is 11.1 Å². The largest absolute Gasteiger partial charge is 0.348 e. The Balaban J connectivity index is 1.44. The van der Waals surface area contributed by atoms with Crippen molar-refractivity contribution in [2.45, 2.75) is 19.9 Å². The second-order valence-corrected chi connectivity index (χ2v) is 8.41. The first kappa shape index (κ1) is 22.6. The molecule has 0 unspecified atom stereocenters. The smallest absolute Gasteiger partial charge is 0.253 e. The molecule has 0 spiro atoms. The molecule has 4 rings (SSSR count). The Labute approximate surface area is 197 Å². The number of halogens is 1. The summed E-state index contributed by atoms with van der Waals surface area (Å²) in [7, 11) is 0. The molecular weight excluding hydrogens is 438 g/mol. The van der Waals surface area contributed by atoms with Gasteiger partial charge in [0.05, 0.1) is 27.9 Å². The highest BCUT2D eigenvalue weighted by atomic mass is 35.5. The molecule has 1 aliphatic heterocycles. The van der Waals surface area contributed by atoms with Crippen LogP contribution in [0.2, 0.25) is 5.02 Å². The van der Waals surface area contributed by atoms with Crippen LogP contribution in [0.5, 0.6) is 0 Å². The molecule has 0 saturated carbocycles. The van der Waals surface area contributed by atoms with E-state index < -0.39 is 5.92 Å². The first-order valence-electron chi connectivity index (χ1n) is 10.7. The topological polar surface area (TPSA) is 78.5 Å². The number of anilines is 2. The van der Waals surface area contributed by atoms with Gasteiger partial charge >= 0.3 is 0 Å². The van der Waals surface area contributed by atoms with Crippen LogP contribution in [0.25, 0.3) is 0 Å². The number of carbonyl (C=O) groups is 3. The zero-order valence-corrected chi connectivity index (χ0v) is 18.9. The predicted octanol–water partition coefficient (Wildman–Crippen LogP) is 4.57. The SMILES string of the molecule is Cc1ccccc1CNC(=O)c1ccccc1NC(=O)[C@@H]1CC(=O)N(c2ccccc2Cl)C1. The number of rotatable bonds is 6. The molecule has 7 heteroatoms. The Morgan fingerprint density at radius 1 is 1.00 bits per heavy atom. The Morgan fingerprint density at radius 3 is 2.48 bits per heavy atom. The van der Waals surface area contributed by atoms with Gasteiger partial charge in [0.1, 0.15) is 0 Å². The second kappa shape index (κ2) is 9.88. The highest BCUT2D eigenvalue weighted by Crippen LogP contribution is 2.31. The van der Waals surface area contributed by atoms with Gasteiger partial charge in [-0.1, -0.05) is 60.1 Å². The molecule has 1 fully saturated rings. The molecule has 168 valence electrons. The molecule has 1 aliphatic rings. The summed E-state index contributed by atoms with van der Waals surface area (Å²) in [5.74, 6) is -1.30. The van der Waals surface area contributed by atoms with Crippen molar-refractivity contribution in [2.24, 2.45) is 5.92 Å². The van der Waals surface area contributed by atoms with Gasteiger partial charge in [0.25, 0.3) is 5.91 Å². The highest BCUT2D eigenvalue weighted by Gasteiger charge is 2.36. The van der Waals surface area contributed by atoms with Crippen LogP contribution < -0.4 is 15.5 Å². The lowest BCUT2D eigenvalue weighted by Crippen LogP contribution is -2.29. The molecule has 1 atom stereocenters. The fourth-order valence-electron chi connectivity index (χ4n) is 3.89. The van der Waals surface area contributed by atoms with Gasteiger partial charge in [-0.25, -0.2) is 0 Å². The Morgan fingerprint density at radius 2 is 1.70 bits per heavy atom. The molecule has 3 amide bonds. The van der Waals surface area contributed by atoms with Crippen molar-refractivity contribution >= 4 is 40.7 Å². The number of nitrogens with one attached hydrogen (secondary N) is 2. The molecule has 2 N–H and O–H groups in total. The van der Waals surface area contributed by atoms with Crippen LogP contribution in [0.1, 0.15) is 27.9 Å². The number of aryl methyl sites for hydroxylation is 1. The van der Waals surface area contributed by atoms with E-state index in [1.165, 1.54) is 4.90 Å². The Hall–Kier alpha value is -3.64. The van der Waals surface area contributed by atoms with Gasteiger partial charge < -0.3 is 15.5 Å². The summed E-state index contributed by atoms with van der Waals surface area (Å²) in [5.41, 5.74) is 3.49. The Kier molecular flexibility index (Phi) is 6.75. The summed E-state index contributed by atoms with van der Waals surface area (Å²) in [5, 5.41) is 6.21. The Bertz CT molecular complexity index is 1210. The third-order valence-electron chi connectivity index (χ3n) is 5.77. The zero-order valence-electron chi connectivity index (χ0n) is 18.2. The van der Waals surface area contributed by atoms with Crippen molar-refractivity contribution in [3.63, 3.8) is 0 Å². The standard InChI is InChI=1S/C26H24ClN3O3/c1-17-8-2-3-9-18(17)15-28-26(33)20-10-4-6-12-22(20)29-25(32)19-14-24(31)30(16-19)23-13-7-5-11-21(23)27/h2-13,19H,14-16H2,1H3,(H,28,33)(H,29,32)/t19-/m1/s1. The van der Waals surface area contributed by atoms with Gasteiger partial charge in [0.15, 0.2) is 0 Å². The maximum Gasteiger partial charge on any atom is 0.253 e. The number of hydrogen-bond donors (Lipinski definition) is 2. The van der Waals surface area contributed by atoms with Crippen molar-refractivity contribution < 1.29 is 14.4 Å². The minimum atomic E-state index is -0.545. The molecule has 3 aromatic rings. The van der Waals surface area contributed by atoms with Gasteiger partial charge in [0, 0.05) is 19.5 Å². The predicted molar refractivity (Wildman–Crippen MR) is 129 cm³/mol. The molecule has 1 saturated heterocycles. The maximum atomic E-state index is 13.0. The van der Waals surface area contributed by atoms with Crippen LogP contribution in [-0.2, 0) is 16.1 Å². The van der Waals surface area contributed by atoms with E-state index in [4.69, 9.17) is 11.6 Å². The summed E-state index contributed by atoms with van der Waals surface area (Å²) >= 11 is 6.23. The van der Waals surface area contributed by atoms with Crippen LogP contribution >= 0.6 is 11.6 Å². The number of nitrogens with zero attached hydrogens (tertiary/aromatic N) is 1. The molecular formula is C26H24ClN3O3. The molecule has 0 bridgehead atoms. The number of carbonyl (C=O) groups excluding carboxylic acids is 3. The van der Waals surface area contributed by atoms with Crippen molar-refractivity contribution in [2.75, 3.05) is 16.8 Å². The minimum Gasteiger partial charge on any atom is -0.348 e. The summed E-state index contributed by atoms with van der Waals surface area (Å²) in [6.07, 6.45) is 0.0820. The summed E-state index contributed by atoms with van der Waals surface area (Å²) in [6, 6.07) is 21.7. The third-order valence-corrected chi connectivity index (χ3v) is 6.09. The van der Waals surface area contributed by atoms with Crippen molar-refractivity contribution in [3.8, 4) is 0 Å². The van der Waals surface area contributed by atoms with Crippen LogP contribution in [-0.4, -0.2) is 24.3 Å². The normalized spacial score (nSPS) is 15.4. The van der Waals surface area contributed by atoms with E-state index in [9.17, 15) is 14.4 Å². The quantitative estimate of drug-likeness (QED) is 0.564. The van der Waals surface area contributed by atoms with E-state index >= 15 is 0 Å². The lowest BCUT2D eigenvalue weighted by Gasteiger charge is -2.18. The van der Waals surface area contributed by atoms with E-state index in [2.05, 4.69) is 10.6 Å². The lowest BCUT2D eigenvalue weighted by molar-refractivity contribution is -0.122. The van der Waals surface area contributed by atoms with E-state index in [-0.39, 0.29) is 30.7 Å². The average molecular weight is 462 g/mol. The number of benzene rings is 3. The fourth-order valence-corrected chi connectivity index (χ4v) is 4.13. The van der Waals surface area contributed by atoms with Gasteiger partial charge in [-0.15, -0.1) is 0 Å². The lowest BCUT2D eigenvalue weighted by atomic mass is 10.1. The van der Waals surface area contributed by atoms with Crippen LogP contribution in [0, 0.1) is 12.8 Å². The fraction of sp³-hybridized carbons (Fsp3) is 0.192. The van der Waals surface area contributed by atoms with Gasteiger partial charge in [-0.3, -0.25) is 14.4 Å². The van der Waals surface area contributed by atoms with Crippen LogP contribution in [0.15, 0.2) is 72.8 Å². The van der Waals surface area contributed by atoms with E-state index in [1.807, 2.05) is 31.2 Å². The minimum absolute atomic E-state index is 0.0820. The highest BCUT2D eigenvalue weighted by molar-refractivity contribution is 6.34. The summed E-state index contributed by atoms with van der Waals surface area (Å²) in [6.45, 7) is 2.61. The maximum absolute atomic E-state index is 13.0. The van der Waals surface area contributed by atoms with Crippen LogP contribution in [0.3, 0.4) is 0 Å². The summed E-state index contributed by atoms with van der Waals surface area (Å²) < 4.78 is 0. The van der Waals surface area contributed by atoms with E-state index in [1.54, 1.807) is 48.5 Å². The third kappa shape index (κ3) is 5.07. The van der Waals surface area contributed by atoms with Crippen molar-refractivity contribution in [1.82, 2.24) is 5.32 Å². The molecule has 0 aliphatic carbocycles. The first-order valence-corrected chi connectivity index (χ1v) is 11.1. The molecule has 33 heavy (non-hydrogen) atoms. The monoisotopic (exact) mass is 461 g/mol. The van der Waals surface area contributed by atoms with Gasteiger partial charge in [0.2, 0.25) is 11.8 Å². The summed E-state index contributed by atoms with van der Waals surface area (Å²) in [4.78, 5) is 39.9. The first-order chi connectivity index (χ1) is 15.9. The molecule has 6 nitrogen and oxygen atoms in total. The van der Waals surface area contributed by atoms with Crippen LogP contribution in [0.4, 0.5) is 11.4 Å². The van der Waals surface area contributed by atoms with E-state index in [0.29, 0.717) is 28.5 Å². The molecule has 0 radical (unpaired) electrons. The van der Waals surface area contributed by atoms with Gasteiger partial charge in [-0.05, 0) is 42.3 Å². The zero-order chi connectivity index (χ0) is 23.4. The molecule has 1 heterocycles.